The second-order valence-electron chi connectivity index (χ2n) is 7.55. The summed E-state index contributed by atoms with van der Waals surface area (Å²) in [5.41, 5.74) is 3.90. The van der Waals surface area contributed by atoms with E-state index in [-0.39, 0.29) is 6.61 Å². The number of unbranched alkanes of at least 4 members (excludes halogenated alkanes) is 5. The molecule has 2 aromatic carbocycles. The lowest BCUT2D eigenvalue weighted by molar-refractivity contribution is -0.143. The van der Waals surface area contributed by atoms with Gasteiger partial charge in [0.15, 0.2) is 0 Å². The highest BCUT2D eigenvalue weighted by Gasteiger charge is 2.50. The maximum Gasteiger partial charge on any atom is 0.321 e. The van der Waals surface area contributed by atoms with E-state index in [0.717, 1.165) is 40.7 Å². The van der Waals surface area contributed by atoms with Crippen LogP contribution in [0.15, 0.2) is 42.5 Å². The Hall–Kier alpha value is -2.13. The van der Waals surface area contributed by atoms with Crippen molar-refractivity contribution in [1.29, 1.82) is 0 Å². The van der Waals surface area contributed by atoms with E-state index in [1.165, 1.54) is 32.1 Å². The van der Waals surface area contributed by atoms with Crippen LogP contribution < -0.4 is 0 Å². The summed E-state index contributed by atoms with van der Waals surface area (Å²) in [6.45, 7) is 2.38. The summed E-state index contributed by atoms with van der Waals surface area (Å²) < 4.78 is 5.45. The Morgan fingerprint density at radius 1 is 0.963 bits per heavy atom. The molecular formula is C24H30O3. The molecular weight excluding hydrogens is 336 g/mol. The van der Waals surface area contributed by atoms with E-state index in [9.17, 15) is 9.90 Å². The van der Waals surface area contributed by atoms with Gasteiger partial charge in [-0.1, -0.05) is 81.5 Å². The van der Waals surface area contributed by atoms with Gasteiger partial charge in [0.1, 0.15) is 5.41 Å². The molecule has 3 rings (SSSR count). The van der Waals surface area contributed by atoms with Crippen LogP contribution in [0.2, 0.25) is 0 Å². The van der Waals surface area contributed by atoms with Gasteiger partial charge >= 0.3 is 5.97 Å². The molecule has 0 radical (unpaired) electrons. The first-order chi connectivity index (χ1) is 13.2. The van der Waals surface area contributed by atoms with E-state index in [0.29, 0.717) is 0 Å². The average Bonchev–Trinajstić information content (AvgIpc) is 2.97. The molecule has 3 heteroatoms. The van der Waals surface area contributed by atoms with Gasteiger partial charge in [-0.05, 0) is 40.7 Å². The van der Waals surface area contributed by atoms with Crippen LogP contribution in [0.3, 0.4) is 0 Å². The zero-order valence-electron chi connectivity index (χ0n) is 16.5. The fourth-order valence-electron chi connectivity index (χ4n) is 4.51. The van der Waals surface area contributed by atoms with Gasteiger partial charge in [0.2, 0.25) is 0 Å². The summed E-state index contributed by atoms with van der Waals surface area (Å²) in [4.78, 5) is 12.6. The van der Waals surface area contributed by atoms with E-state index >= 15 is 0 Å². The Labute approximate surface area is 162 Å². The molecule has 0 bridgehead atoms. The average molecular weight is 367 g/mol. The van der Waals surface area contributed by atoms with Crippen molar-refractivity contribution in [2.75, 3.05) is 13.7 Å². The van der Waals surface area contributed by atoms with Gasteiger partial charge < -0.3 is 9.84 Å². The Morgan fingerprint density at radius 3 is 2.41 bits per heavy atom. The molecule has 1 aliphatic carbocycles. The van der Waals surface area contributed by atoms with E-state index < -0.39 is 11.4 Å². The minimum atomic E-state index is -1.11. The van der Waals surface area contributed by atoms with Gasteiger partial charge in [-0.25, -0.2) is 0 Å². The number of aryl methyl sites for hydroxylation is 1. The maximum absolute atomic E-state index is 12.6. The fraction of sp³-hybridized carbons (Fsp3) is 0.458. The number of methoxy groups -OCH3 is 1. The van der Waals surface area contributed by atoms with Crippen LogP contribution in [0, 0.1) is 0 Å². The molecule has 3 nitrogen and oxygen atoms in total. The number of rotatable bonds is 10. The third kappa shape index (κ3) is 3.53. The predicted molar refractivity (Wildman–Crippen MR) is 109 cm³/mol. The molecule has 1 N–H and O–H groups in total. The van der Waals surface area contributed by atoms with Crippen molar-refractivity contribution >= 4 is 5.97 Å². The summed E-state index contributed by atoms with van der Waals surface area (Å²) in [6, 6.07) is 14.1. The van der Waals surface area contributed by atoms with Crippen molar-refractivity contribution in [2.45, 2.75) is 57.3 Å². The maximum atomic E-state index is 12.6. The van der Waals surface area contributed by atoms with E-state index in [1.807, 2.05) is 24.3 Å². The lowest BCUT2D eigenvalue weighted by Crippen LogP contribution is -2.40. The normalized spacial score (nSPS) is 17.6. The van der Waals surface area contributed by atoms with Gasteiger partial charge in [-0.15, -0.1) is 0 Å². The zero-order valence-corrected chi connectivity index (χ0v) is 16.5. The first-order valence-electron chi connectivity index (χ1n) is 10.1. The largest absolute Gasteiger partial charge is 0.480 e. The summed E-state index contributed by atoms with van der Waals surface area (Å²) in [5.74, 6) is -0.828. The van der Waals surface area contributed by atoms with E-state index in [2.05, 4.69) is 25.1 Å². The first kappa shape index (κ1) is 19.6. The molecule has 144 valence electrons. The molecule has 2 aromatic rings. The second-order valence-corrected chi connectivity index (χ2v) is 7.55. The number of carboxylic acid groups (broad SMARTS) is 1. The number of carbonyl (C=O) groups is 1. The highest BCUT2D eigenvalue weighted by Crippen LogP contribution is 2.51. The summed E-state index contributed by atoms with van der Waals surface area (Å²) in [7, 11) is 1.58. The van der Waals surface area contributed by atoms with Crippen molar-refractivity contribution < 1.29 is 14.6 Å². The van der Waals surface area contributed by atoms with Crippen LogP contribution in [-0.2, 0) is 21.4 Å². The van der Waals surface area contributed by atoms with Crippen molar-refractivity contribution in [3.05, 3.63) is 59.2 Å². The molecule has 1 atom stereocenters. The number of hydrogen-bond acceptors (Lipinski definition) is 2. The third-order valence-corrected chi connectivity index (χ3v) is 5.78. The van der Waals surface area contributed by atoms with Crippen molar-refractivity contribution in [1.82, 2.24) is 0 Å². The van der Waals surface area contributed by atoms with Crippen LogP contribution in [0.5, 0.6) is 0 Å². The molecule has 1 unspecified atom stereocenters. The number of fused-ring (bicyclic) bond motifs is 3. The molecule has 27 heavy (non-hydrogen) atoms. The molecule has 0 fully saturated rings. The quantitative estimate of drug-likeness (QED) is 0.558. The van der Waals surface area contributed by atoms with Crippen LogP contribution in [0.4, 0.5) is 0 Å². The Bertz CT molecular complexity index is 796. The molecule has 0 aliphatic heterocycles. The van der Waals surface area contributed by atoms with Crippen molar-refractivity contribution in [3.63, 3.8) is 0 Å². The van der Waals surface area contributed by atoms with Gasteiger partial charge in [0.25, 0.3) is 0 Å². The fourth-order valence-corrected chi connectivity index (χ4v) is 4.51. The number of carboxylic acids is 1. The van der Waals surface area contributed by atoms with E-state index in [4.69, 9.17) is 4.74 Å². The van der Waals surface area contributed by atoms with Crippen LogP contribution >= 0.6 is 0 Å². The lowest BCUT2D eigenvalue weighted by atomic mass is 9.76. The molecule has 0 saturated carbocycles. The van der Waals surface area contributed by atoms with Gasteiger partial charge in [0.05, 0.1) is 6.61 Å². The van der Waals surface area contributed by atoms with Crippen molar-refractivity contribution in [2.24, 2.45) is 0 Å². The monoisotopic (exact) mass is 366 g/mol. The minimum Gasteiger partial charge on any atom is -0.480 e. The van der Waals surface area contributed by atoms with Gasteiger partial charge in [-0.3, -0.25) is 4.79 Å². The van der Waals surface area contributed by atoms with Crippen molar-refractivity contribution in [3.8, 4) is 11.1 Å². The second kappa shape index (κ2) is 8.71. The molecule has 0 amide bonds. The number of hydrogen-bond donors (Lipinski definition) is 1. The SMILES string of the molecule is CCCCCCCCc1cccc2c1C(COC)(C(=O)O)c1ccccc1-2. The molecule has 0 aromatic heterocycles. The van der Waals surface area contributed by atoms with Crippen LogP contribution in [0.1, 0.15) is 62.1 Å². The smallest absolute Gasteiger partial charge is 0.321 e. The summed E-state index contributed by atoms with van der Waals surface area (Å²) in [6.07, 6.45) is 8.31. The Morgan fingerprint density at radius 2 is 1.67 bits per heavy atom. The number of aliphatic carboxylic acids is 1. The standard InChI is InChI=1S/C24H30O3/c1-3-4-5-6-7-8-12-18-13-11-15-20-19-14-9-10-16-21(19)24(17-27-2,22(18)20)23(25)26/h9-11,13-16H,3-8,12,17H2,1-2H3,(H,25,26). The van der Waals surface area contributed by atoms with Gasteiger partial charge in [-0.2, -0.15) is 0 Å². The molecule has 0 heterocycles. The number of ether oxygens (including phenoxy) is 1. The molecule has 1 aliphatic rings. The zero-order chi connectivity index (χ0) is 19.3. The minimum absolute atomic E-state index is 0.153. The van der Waals surface area contributed by atoms with Crippen LogP contribution in [0.25, 0.3) is 11.1 Å². The molecule has 0 saturated heterocycles. The third-order valence-electron chi connectivity index (χ3n) is 5.78. The highest BCUT2D eigenvalue weighted by atomic mass is 16.5. The summed E-state index contributed by atoms with van der Waals surface area (Å²) in [5, 5.41) is 10.3. The highest BCUT2D eigenvalue weighted by molar-refractivity contribution is 5.98. The topological polar surface area (TPSA) is 46.5 Å². The summed E-state index contributed by atoms with van der Waals surface area (Å²) >= 11 is 0. The first-order valence-corrected chi connectivity index (χ1v) is 10.1. The Balaban J connectivity index is 1.96. The lowest BCUT2D eigenvalue weighted by Gasteiger charge is -2.28. The van der Waals surface area contributed by atoms with Gasteiger partial charge in [0, 0.05) is 7.11 Å². The predicted octanol–water partition coefficient (Wildman–Crippen LogP) is 5.59. The van der Waals surface area contributed by atoms with E-state index in [1.54, 1.807) is 7.11 Å². The number of benzene rings is 2. The van der Waals surface area contributed by atoms with Crippen LogP contribution in [-0.4, -0.2) is 24.8 Å². The Kier molecular flexibility index (Phi) is 6.33. The molecule has 0 spiro atoms.